The molecule has 124 valence electrons. The molecular formula is C17H19N5OS. The van der Waals surface area contributed by atoms with Crippen LogP contribution in [0.4, 0.5) is 4.79 Å². The number of amides is 2. The number of nitrogens with zero attached hydrogens (tertiary/aromatic N) is 3. The van der Waals surface area contributed by atoms with Crippen molar-refractivity contribution in [2.45, 2.75) is 19.5 Å². The van der Waals surface area contributed by atoms with Crippen molar-refractivity contribution in [2.24, 2.45) is 7.05 Å². The molecule has 0 bridgehead atoms. The van der Waals surface area contributed by atoms with Gasteiger partial charge in [-0.3, -0.25) is 0 Å². The maximum atomic E-state index is 12.4. The smallest absolute Gasteiger partial charge is 0.315 e. The molecule has 0 saturated carbocycles. The van der Waals surface area contributed by atoms with Crippen molar-refractivity contribution in [1.29, 1.82) is 0 Å². The summed E-state index contributed by atoms with van der Waals surface area (Å²) >= 11 is 1.54. The molecule has 2 amide bonds. The quantitative estimate of drug-likeness (QED) is 0.749. The highest BCUT2D eigenvalue weighted by Gasteiger charge is 2.20. The lowest BCUT2D eigenvalue weighted by molar-refractivity contribution is 0.238. The number of nitrogens with one attached hydrogen (secondary N) is 2. The largest absolute Gasteiger partial charge is 0.336 e. The van der Waals surface area contributed by atoms with E-state index in [-0.39, 0.29) is 12.1 Å². The normalized spacial score (nSPS) is 11.9. The van der Waals surface area contributed by atoms with E-state index < -0.39 is 0 Å². The topological polar surface area (TPSA) is 71.8 Å². The van der Waals surface area contributed by atoms with E-state index in [0.717, 1.165) is 22.0 Å². The van der Waals surface area contributed by atoms with E-state index in [2.05, 4.69) is 20.6 Å². The maximum absolute atomic E-state index is 12.4. The Balaban J connectivity index is 1.73. The van der Waals surface area contributed by atoms with Crippen LogP contribution in [0.3, 0.4) is 0 Å². The van der Waals surface area contributed by atoms with Gasteiger partial charge >= 0.3 is 6.03 Å². The van der Waals surface area contributed by atoms with Crippen LogP contribution in [0.5, 0.6) is 0 Å². The minimum Gasteiger partial charge on any atom is -0.336 e. The molecule has 2 N–H and O–H groups in total. The molecule has 3 aromatic rings. The van der Waals surface area contributed by atoms with Crippen molar-refractivity contribution < 1.29 is 4.79 Å². The molecule has 0 aliphatic rings. The highest BCUT2D eigenvalue weighted by atomic mass is 32.1. The lowest BCUT2D eigenvalue weighted by Gasteiger charge is -2.19. The Kier molecular flexibility index (Phi) is 4.90. The zero-order valence-corrected chi connectivity index (χ0v) is 14.4. The third kappa shape index (κ3) is 3.62. The average molecular weight is 341 g/mol. The maximum Gasteiger partial charge on any atom is 0.315 e. The second-order valence-electron chi connectivity index (χ2n) is 5.43. The van der Waals surface area contributed by atoms with E-state index in [1.165, 1.54) is 11.3 Å². The molecular weight excluding hydrogens is 322 g/mol. The van der Waals surface area contributed by atoms with E-state index in [9.17, 15) is 4.79 Å². The van der Waals surface area contributed by atoms with E-state index in [4.69, 9.17) is 0 Å². The van der Waals surface area contributed by atoms with Crippen molar-refractivity contribution in [3.63, 3.8) is 0 Å². The molecule has 0 unspecified atom stereocenters. The first-order valence-electron chi connectivity index (χ1n) is 7.60. The fourth-order valence-corrected chi connectivity index (χ4v) is 3.15. The van der Waals surface area contributed by atoms with E-state index in [1.54, 1.807) is 11.7 Å². The first kappa shape index (κ1) is 16.2. The number of hydrogen-bond donors (Lipinski definition) is 2. The number of benzene rings is 1. The van der Waals surface area contributed by atoms with Gasteiger partial charge in [0, 0.05) is 24.3 Å². The SMILES string of the molecule is Cc1ncsc1CNC(=O)N[C@H](c1ccccc1)c1nccn1C. The predicted octanol–water partition coefficient (Wildman–Crippen LogP) is 2.77. The number of aromatic nitrogens is 3. The summed E-state index contributed by atoms with van der Waals surface area (Å²) in [7, 11) is 1.92. The number of imidazole rings is 1. The second kappa shape index (κ2) is 7.27. The zero-order chi connectivity index (χ0) is 16.9. The highest BCUT2D eigenvalue weighted by molar-refractivity contribution is 7.09. The van der Waals surface area contributed by atoms with E-state index in [0.29, 0.717) is 6.54 Å². The fourth-order valence-electron chi connectivity index (χ4n) is 2.44. The van der Waals surface area contributed by atoms with E-state index >= 15 is 0 Å². The monoisotopic (exact) mass is 341 g/mol. The minimum atomic E-state index is -0.311. The van der Waals surface area contributed by atoms with Gasteiger partial charge in [-0.15, -0.1) is 11.3 Å². The van der Waals surface area contributed by atoms with Crippen molar-refractivity contribution in [1.82, 2.24) is 25.2 Å². The van der Waals surface area contributed by atoms with Gasteiger partial charge in [-0.2, -0.15) is 0 Å². The molecule has 24 heavy (non-hydrogen) atoms. The van der Waals surface area contributed by atoms with Crippen LogP contribution in [-0.2, 0) is 13.6 Å². The van der Waals surface area contributed by atoms with Gasteiger partial charge < -0.3 is 15.2 Å². The molecule has 1 atom stereocenters. The van der Waals surface area contributed by atoms with Crippen LogP contribution in [0.2, 0.25) is 0 Å². The number of carbonyl (C=O) groups is 1. The van der Waals surface area contributed by atoms with Crippen LogP contribution >= 0.6 is 11.3 Å². The summed E-state index contributed by atoms with van der Waals surface area (Å²) < 4.78 is 1.91. The van der Waals surface area contributed by atoms with E-state index in [1.807, 2.05) is 55.1 Å². The minimum absolute atomic E-state index is 0.236. The van der Waals surface area contributed by atoms with Gasteiger partial charge in [0.05, 0.1) is 17.7 Å². The Morgan fingerprint density at radius 3 is 2.71 bits per heavy atom. The summed E-state index contributed by atoms with van der Waals surface area (Å²) in [6, 6.07) is 9.26. The number of thiazole rings is 1. The van der Waals surface area contributed by atoms with Gasteiger partial charge in [-0.05, 0) is 12.5 Å². The Morgan fingerprint density at radius 2 is 2.08 bits per heavy atom. The molecule has 0 spiro atoms. The molecule has 6 nitrogen and oxygen atoms in total. The highest BCUT2D eigenvalue weighted by Crippen LogP contribution is 2.20. The van der Waals surface area contributed by atoms with Crippen molar-refractivity contribution in [3.05, 3.63) is 70.2 Å². The first-order valence-corrected chi connectivity index (χ1v) is 8.48. The number of carbonyl (C=O) groups excluding carboxylic acids is 1. The lowest BCUT2D eigenvalue weighted by Crippen LogP contribution is -2.38. The number of urea groups is 1. The summed E-state index contributed by atoms with van der Waals surface area (Å²) in [5, 5.41) is 5.90. The van der Waals surface area contributed by atoms with Crippen LogP contribution < -0.4 is 10.6 Å². The summed E-state index contributed by atoms with van der Waals surface area (Å²) in [6.07, 6.45) is 3.59. The number of hydrogen-bond acceptors (Lipinski definition) is 4. The van der Waals surface area contributed by atoms with Crippen LogP contribution in [0.25, 0.3) is 0 Å². The molecule has 0 aliphatic heterocycles. The van der Waals surface area contributed by atoms with Gasteiger partial charge in [0.2, 0.25) is 0 Å². The summed E-state index contributed by atoms with van der Waals surface area (Å²) in [5.41, 5.74) is 3.71. The molecule has 3 rings (SSSR count). The zero-order valence-electron chi connectivity index (χ0n) is 13.6. The van der Waals surface area contributed by atoms with Crippen molar-refractivity contribution in [3.8, 4) is 0 Å². The second-order valence-corrected chi connectivity index (χ2v) is 6.37. The summed E-state index contributed by atoms with van der Waals surface area (Å²) in [5.74, 6) is 0.783. The predicted molar refractivity (Wildman–Crippen MR) is 93.7 cm³/mol. The Morgan fingerprint density at radius 1 is 1.29 bits per heavy atom. The van der Waals surface area contributed by atoms with Gasteiger partial charge in [-0.25, -0.2) is 14.8 Å². The molecule has 0 fully saturated rings. The standard InChI is InChI=1S/C17H19N5OS/c1-12-14(24-11-20-12)10-19-17(23)21-15(13-6-4-3-5-7-13)16-18-8-9-22(16)2/h3-9,11,15H,10H2,1-2H3,(H2,19,21,23)/t15-/m1/s1. The number of rotatable bonds is 5. The Hall–Kier alpha value is -2.67. The molecule has 0 radical (unpaired) electrons. The third-order valence-corrected chi connectivity index (χ3v) is 4.71. The summed E-state index contributed by atoms with van der Waals surface area (Å²) in [4.78, 5) is 22.0. The molecule has 0 aliphatic carbocycles. The first-order chi connectivity index (χ1) is 11.6. The molecule has 1 aromatic carbocycles. The van der Waals surface area contributed by atoms with Crippen molar-refractivity contribution in [2.75, 3.05) is 0 Å². The van der Waals surface area contributed by atoms with Gasteiger partial charge in [0.15, 0.2) is 0 Å². The summed E-state index contributed by atoms with van der Waals surface area (Å²) in [6.45, 7) is 2.40. The van der Waals surface area contributed by atoms with Crippen LogP contribution in [0, 0.1) is 6.92 Å². The Bertz CT molecular complexity index is 811. The van der Waals surface area contributed by atoms with Crippen LogP contribution in [0.15, 0.2) is 48.2 Å². The van der Waals surface area contributed by atoms with Gasteiger partial charge in [0.25, 0.3) is 0 Å². The van der Waals surface area contributed by atoms with Crippen LogP contribution in [-0.4, -0.2) is 20.6 Å². The van der Waals surface area contributed by atoms with Crippen LogP contribution in [0.1, 0.15) is 28.0 Å². The molecule has 2 aromatic heterocycles. The van der Waals surface area contributed by atoms with Gasteiger partial charge in [0.1, 0.15) is 11.9 Å². The van der Waals surface area contributed by atoms with Crippen molar-refractivity contribution >= 4 is 17.4 Å². The van der Waals surface area contributed by atoms with Gasteiger partial charge in [-0.1, -0.05) is 30.3 Å². The Labute approximate surface area is 144 Å². The average Bonchev–Trinajstić information content (AvgIpc) is 3.20. The fraction of sp³-hybridized carbons (Fsp3) is 0.235. The molecule has 7 heteroatoms. The molecule has 0 saturated heterocycles. The third-order valence-electron chi connectivity index (χ3n) is 3.78. The lowest BCUT2D eigenvalue weighted by atomic mass is 10.1. The molecule has 2 heterocycles. The number of aryl methyl sites for hydroxylation is 2.